The molecule has 1 aromatic heterocycles. The standard InChI is InChI=1S/C19H20ClN5O/c1-11-6-7-12(20)8-15(11)16(9-22-2)25-19-14-5-3-4-13(18(21)26)17(14)23-10-24-19/h3-8,10,16,22H,9H2,1-2H3,(H2,21,26)(H,23,24,25)/t16-/m1/s1. The van der Waals surface area contributed by atoms with Crippen molar-refractivity contribution in [3.8, 4) is 0 Å². The minimum absolute atomic E-state index is 0.0611. The van der Waals surface area contributed by atoms with Gasteiger partial charge in [-0.2, -0.15) is 0 Å². The number of nitrogens with two attached hydrogens (primary N) is 1. The molecular formula is C19H20ClN5O. The van der Waals surface area contributed by atoms with Crippen molar-refractivity contribution in [3.05, 3.63) is 64.4 Å². The van der Waals surface area contributed by atoms with E-state index in [-0.39, 0.29) is 6.04 Å². The molecule has 0 saturated carbocycles. The summed E-state index contributed by atoms with van der Waals surface area (Å²) in [5.41, 5.74) is 8.56. The van der Waals surface area contributed by atoms with Crippen molar-refractivity contribution < 1.29 is 4.79 Å². The molecule has 0 aliphatic carbocycles. The summed E-state index contributed by atoms with van der Waals surface area (Å²) in [5, 5.41) is 8.06. The second kappa shape index (κ2) is 7.68. The lowest BCUT2D eigenvalue weighted by atomic mass is 10.0. The number of halogens is 1. The van der Waals surface area contributed by atoms with Crippen LogP contribution in [0.25, 0.3) is 10.9 Å². The molecular weight excluding hydrogens is 350 g/mol. The second-order valence-electron chi connectivity index (χ2n) is 6.04. The number of carbonyl (C=O) groups excluding carboxylic acids is 1. The third-order valence-electron chi connectivity index (χ3n) is 4.27. The highest BCUT2D eigenvalue weighted by Crippen LogP contribution is 2.28. The number of aryl methyl sites for hydroxylation is 1. The van der Waals surface area contributed by atoms with Crippen LogP contribution >= 0.6 is 11.6 Å². The zero-order chi connectivity index (χ0) is 18.7. The summed E-state index contributed by atoms with van der Waals surface area (Å²) in [6, 6.07) is 11.0. The van der Waals surface area contributed by atoms with Crippen LogP contribution in [-0.4, -0.2) is 29.5 Å². The number of nitrogens with one attached hydrogen (secondary N) is 2. The number of anilines is 1. The van der Waals surface area contributed by atoms with Crippen molar-refractivity contribution in [3.63, 3.8) is 0 Å². The van der Waals surface area contributed by atoms with Gasteiger partial charge in [-0.1, -0.05) is 23.7 Å². The maximum absolute atomic E-state index is 11.7. The van der Waals surface area contributed by atoms with Crippen molar-refractivity contribution in [2.45, 2.75) is 13.0 Å². The van der Waals surface area contributed by atoms with Gasteiger partial charge in [-0.15, -0.1) is 0 Å². The lowest BCUT2D eigenvalue weighted by Gasteiger charge is -2.22. The van der Waals surface area contributed by atoms with Crippen LogP contribution in [0, 0.1) is 6.92 Å². The molecule has 0 unspecified atom stereocenters. The summed E-state index contributed by atoms with van der Waals surface area (Å²) < 4.78 is 0. The van der Waals surface area contributed by atoms with Crippen LogP contribution in [0.3, 0.4) is 0 Å². The van der Waals surface area contributed by atoms with Gasteiger partial charge in [0, 0.05) is 17.0 Å². The van der Waals surface area contributed by atoms with Gasteiger partial charge in [0.15, 0.2) is 0 Å². The molecule has 0 aliphatic heterocycles. The van der Waals surface area contributed by atoms with Gasteiger partial charge < -0.3 is 16.4 Å². The van der Waals surface area contributed by atoms with Gasteiger partial charge in [0.05, 0.1) is 17.1 Å². The van der Waals surface area contributed by atoms with Crippen LogP contribution in [0.1, 0.15) is 27.5 Å². The first kappa shape index (κ1) is 18.1. The first-order valence-electron chi connectivity index (χ1n) is 8.22. The van der Waals surface area contributed by atoms with Crippen LogP contribution in [0.5, 0.6) is 0 Å². The Hall–Kier alpha value is -2.70. The van der Waals surface area contributed by atoms with Gasteiger partial charge in [-0.25, -0.2) is 9.97 Å². The van der Waals surface area contributed by atoms with Crippen molar-refractivity contribution in [2.24, 2.45) is 5.73 Å². The Morgan fingerprint density at radius 1 is 1.27 bits per heavy atom. The van der Waals surface area contributed by atoms with Gasteiger partial charge in [0.1, 0.15) is 12.1 Å². The monoisotopic (exact) mass is 369 g/mol. The highest BCUT2D eigenvalue weighted by atomic mass is 35.5. The summed E-state index contributed by atoms with van der Waals surface area (Å²) in [4.78, 5) is 20.3. The first-order valence-corrected chi connectivity index (χ1v) is 8.59. The van der Waals surface area contributed by atoms with Crippen LogP contribution in [0.2, 0.25) is 5.02 Å². The van der Waals surface area contributed by atoms with Gasteiger partial charge in [-0.3, -0.25) is 4.79 Å². The topological polar surface area (TPSA) is 92.9 Å². The third-order valence-corrected chi connectivity index (χ3v) is 4.50. The van der Waals surface area contributed by atoms with E-state index >= 15 is 0 Å². The molecule has 0 aliphatic rings. The van der Waals surface area contributed by atoms with Crippen LogP contribution in [0.4, 0.5) is 5.82 Å². The number of para-hydroxylation sites is 1. The molecule has 0 spiro atoms. The average molecular weight is 370 g/mol. The number of likely N-dealkylation sites (N-methyl/N-ethyl adjacent to an activating group) is 1. The molecule has 1 atom stereocenters. The molecule has 1 amide bonds. The van der Waals surface area contributed by atoms with Crippen LogP contribution < -0.4 is 16.4 Å². The number of fused-ring (bicyclic) bond motifs is 1. The number of benzene rings is 2. The molecule has 0 bridgehead atoms. The fraction of sp³-hybridized carbons (Fsp3) is 0.211. The molecule has 0 saturated heterocycles. The smallest absolute Gasteiger partial charge is 0.250 e. The van der Waals surface area contributed by atoms with E-state index in [1.54, 1.807) is 12.1 Å². The normalized spacial score (nSPS) is 12.1. The second-order valence-corrected chi connectivity index (χ2v) is 6.48. The van der Waals surface area contributed by atoms with Gasteiger partial charge in [-0.05, 0) is 49.4 Å². The summed E-state index contributed by atoms with van der Waals surface area (Å²) in [5.74, 6) is 0.121. The molecule has 26 heavy (non-hydrogen) atoms. The van der Waals surface area contributed by atoms with E-state index in [1.165, 1.54) is 6.33 Å². The predicted octanol–water partition coefficient (Wildman–Crippen LogP) is 3.06. The van der Waals surface area contributed by atoms with E-state index in [0.29, 0.717) is 28.5 Å². The van der Waals surface area contributed by atoms with E-state index in [9.17, 15) is 4.79 Å². The van der Waals surface area contributed by atoms with E-state index in [4.69, 9.17) is 17.3 Å². The van der Waals surface area contributed by atoms with E-state index in [0.717, 1.165) is 16.5 Å². The van der Waals surface area contributed by atoms with E-state index in [1.807, 2.05) is 38.2 Å². The molecule has 3 aromatic rings. The fourth-order valence-electron chi connectivity index (χ4n) is 3.00. The largest absolute Gasteiger partial charge is 0.366 e. The molecule has 0 fully saturated rings. The Kier molecular flexibility index (Phi) is 5.35. The summed E-state index contributed by atoms with van der Waals surface area (Å²) in [6.07, 6.45) is 1.43. The molecule has 7 heteroatoms. The number of hydrogen-bond donors (Lipinski definition) is 3. The molecule has 0 radical (unpaired) electrons. The van der Waals surface area contributed by atoms with Gasteiger partial charge >= 0.3 is 0 Å². The van der Waals surface area contributed by atoms with Crippen molar-refractivity contribution >= 4 is 34.2 Å². The Morgan fingerprint density at radius 3 is 2.81 bits per heavy atom. The summed E-state index contributed by atoms with van der Waals surface area (Å²) >= 11 is 6.19. The van der Waals surface area contributed by atoms with E-state index < -0.39 is 5.91 Å². The maximum atomic E-state index is 11.7. The number of hydrogen-bond acceptors (Lipinski definition) is 5. The first-order chi connectivity index (χ1) is 12.5. The summed E-state index contributed by atoms with van der Waals surface area (Å²) in [7, 11) is 1.89. The third kappa shape index (κ3) is 3.61. The number of primary amides is 1. The Morgan fingerprint density at radius 2 is 2.08 bits per heavy atom. The lowest BCUT2D eigenvalue weighted by Crippen LogP contribution is -2.25. The lowest BCUT2D eigenvalue weighted by molar-refractivity contribution is 0.100. The quantitative estimate of drug-likeness (QED) is 0.621. The fourth-order valence-corrected chi connectivity index (χ4v) is 3.18. The minimum Gasteiger partial charge on any atom is -0.366 e. The maximum Gasteiger partial charge on any atom is 0.250 e. The number of nitrogens with zero attached hydrogens (tertiary/aromatic N) is 2. The molecule has 1 heterocycles. The molecule has 4 N–H and O–H groups in total. The van der Waals surface area contributed by atoms with Gasteiger partial charge in [0.2, 0.25) is 0 Å². The number of aromatic nitrogens is 2. The Bertz CT molecular complexity index is 960. The Labute approximate surface area is 156 Å². The average Bonchev–Trinajstić information content (AvgIpc) is 2.63. The molecule has 6 nitrogen and oxygen atoms in total. The minimum atomic E-state index is -0.516. The van der Waals surface area contributed by atoms with Crippen LogP contribution in [-0.2, 0) is 0 Å². The molecule has 2 aromatic carbocycles. The van der Waals surface area contributed by atoms with E-state index in [2.05, 4.69) is 20.6 Å². The predicted molar refractivity (Wildman–Crippen MR) is 105 cm³/mol. The number of carbonyl (C=O) groups is 1. The highest BCUT2D eigenvalue weighted by Gasteiger charge is 2.17. The van der Waals surface area contributed by atoms with Crippen LogP contribution in [0.15, 0.2) is 42.7 Å². The molecule has 3 rings (SSSR count). The zero-order valence-corrected chi connectivity index (χ0v) is 15.3. The summed E-state index contributed by atoms with van der Waals surface area (Å²) in [6.45, 7) is 2.71. The van der Waals surface area contributed by atoms with Crippen molar-refractivity contribution in [1.29, 1.82) is 0 Å². The SMILES string of the molecule is CNC[C@@H](Nc1ncnc2c(C(N)=O)cccc12)c1cc(Cl)ccc1C. The zero-order valence-electron chi connectivity index (χ0n) is 14.6. The number of amides is 1. The molecule has 134 valence electrons. The highest BCUT2D eigenvalue weighted by molar-refractivity contribution is 6.30. The number of rotatable bonds is 6. The Balaban J connectivity index is 2.06. The van der Waals surface area contributed by atoms with Crippen molar-refractivity contribution in [2.75, 3.05) is 18.9 Å². The van der Waals surface area contributed by atoms with Crippen molar-refractivity contribution in [1.82, 2.24) is 15.3 Å². The van der Waals surface area contributed by atoms with Gasteiger partial charge in [0.25, 0.3) is 5.91 Å².